The summed E-state index contributed by atoms with van der Waals surface area (Å²) in [6.45, 7) is 5.44. The van der Waals surface area contributed by atoms with Gasteiger partial charge in [-0.3, -0.25) is 9.78 Å². The minimum atomic E-state index is 0.0763. The van der Waals surface area contributed by atoms with Crippen molar-refractivity contribution in [2.45, 2.75) is 13.8 Å². The molecule has 0 aliphatic rings. The number of pyridine rings is 1. The van der Waals surface area contributed by atoms with Crippen LogP contribution in [0.1, 0.15) is 24.2 Å². The standard InChI is InChI=1S/C10H14N2O/c1-3-12(4-2)10(13)9-5-7-11-8-6-9/h5-8H,3-4H2,1-2H3. The van der Waals surface area contributed by atoms with Gasteiger partial charge in [-0.25, -0.2) is 0 Å². The van der Waals surface area contributed by atoms with Gasteiger partial charge >= 0.3 is 0 Å². The first-order valence-corrected chi connectivity index (χ1v) is 4.48. The van der Waals surface area contributed by atoms with Gasteiger partial charge in [-0.15, -0.1) is 0 Å². The highest BCUT2D eigenvalue weighted by atomic mass is 16.2. The highest BCUT2D eigenvalue weighted by Gasteiger charge is 2.10. The van der Waals surface area contributed by atoms with E-state index >= 15 is 0 Å². The number of nitrogens with zero attached hydrogens (tertiary/aromatic N) is 2. The summed E-state index contributed by atoms with van der Waals surface area (Å²) in [5, 5.41) is 0. The normalized spacial score (nSPS) is 9.69. The Kier molecular flexibility index (Phi) is 3.43. The molecule has 0 saturated heterocycles. The average molecular weight is 178 g/mol. The molecule has 1 rings (SSSR count). The number of carbonyl (C=O) groups is 1. The van der Waals surface area contributed by atoms with Crippen LogP contribution < -0.4 is 0 Å². The van der Waals surface area contributed by atoms with Crippen molar-refractivity contribution in [1.82, 2.24) is 9.88 Å². The van der Waals surface area contributed by atoms with Gasteiger partial charge in [0.25, 0.3) is 5.91 Å². The van der Waals surface area contributed by atoms with Crippen LogP contribution in [0.15, 0.2) is 24.5 Å². The topological polar surface area (TPSA) is 33.2 Å². The van der Waals surface area contributed by atoms with Crippen molar-refractivity contribution >= 4 is 5.91 Å². The van der Waals surface area contributed by atoms with Crippen molar-refractivity contribution in [2.24, 2.45) is 0 Å². The van der Waals surface area contributed by atoms with E-state index in [1.807, 2.05) is 13.8 Å². The molecule has 0 atom stereocenters. The third-order valence-electron chi connectivity index (χ3n) is 1.98. The molecule has 0 spiro atoms. The zero-order valence-corrected chi connectivity index (χ0v) is 8.03. The molecule has 1 amide bonds. The summed E-state index contributed by atoms with van der Waals surface area (Å²) in [6, 6.07) is 3.47. The van der Waals surface area contributed by atoms with Gasteiger partial charge in [-0.2, -0.15) is 0 Å². The fourth-order valence-electron chi connectivity index (χ4n) is 1.19. The van der Waals surface area contributed by atoms with Gasteiger partial charge in [0.05, 0.1) is 0 Å². The molecular formula is C10H14N2O. The van der Waals surface area contributed by atoms with Crippen molar-refractivity contribution in [1.29, 1.82) is 0 Å². The largest absolute Gasteiger partial charge is 0.339 e. The lowest BCUT2D eigenvalue weighted by Gasteiger charge is -2.18. The quantitative estimate of drug-likeness (QED) is 0.703. The third kappa shape index (κ3) is 2.28. The number of aromatic nitrogens is 1. The van der Waals surface area contributed by atoms with Crippen LogP contribution in [0.2, 0.25) is 0 Å². The molecule has 0 aromatic carbocycles. The van der Waals surface area contributed by atoms with Gasteiger partial charge in [-0.05, 0) is 26.0 Å². The van der Waals surface area contributed by atoms with E-state index in [0.29, 0.717) is 5.56 Å². The number of rotatable bonds is 3. The molecule has 0 fully saturated rings. The SMILES string of the molecule is CCN(CC)C(=O)c1ccncc1. The first-order valence-electron chi connectivity index (χ1n) is 4.48. The molecular weight excluding hydrogens is 164 g/mol. The summed E-state index contributed by atoms with van der Waals surface area (Å²) in [5.41, 5.74) is 0.707. The van der Waals surface area contributed by atoms with E-state index in [4.69, 9.17) is 0 Å². The zero-order valence-electron chi connectivity index (χ0n) is 8.03. The Hall–Kier alpha value is -1.38. The van der Waals surface area contributed by atoms with Crippen LogP contribution in [-0.2, 0) is 0 Å². The number of hydrogen-bond acceptors (Lipinski definition) is 2. The fraction of sp³-hybridized carbons (Fsp3) is 0.400. The molecule has 70 valence electrons. The summed E-state index contributed by atoms with van der Waals surface area (Å²) in [5.74, 6) is 0.0763. The summed E-state index contributed by atoms with van der Waals surface area (Å²) in [7, 11) is 0. The van der Waals surface area contributed by atoms with E-state index in [0.717, 1.165) is 13.1 Å². The van der Waals surface area contributed by atoms with E-state index in [1.54, 1.807) is 29.4 Å². The Morgan fingerprint density at radius 1 is 1.31 bits per heavy atom. The Morgan fingerprint density at radius 3 is 2.31 bits per heavy atom. The lowest BCUT2D eigenvalue weighted by atomic mass is 10.2. The van der Waals surface area contributed by atoms with Gasteiger partial charge in [0.2, 0.25) is 0 Å². The van der Waals surface area contributed by atoms with E-state index in [1.165, 1.54) is 0 Å². The van der Waals surface area contributed by atoms with Crippen molar-refractivity contribution < 1.29 is 4.79 Å². The Balaban J connectivity index is 2.78. The molecule has 1 aromatic rings. The van der Waals surface area contributed by atoms with Gasteiger partial charge in [0.1, 0.15) is 0 Å². The lowest BCUT2D eigenvalue weighted by molar-refractivity contribution is 0.0773. The monoisotopic (exact) mass is 178 g/mol. The second-order valence-corrected chi connectivity index (χ2v) is 2.71. The number of amides is 1. The van der Waals surface area contributed by atoms with E-state index < -0.39 is 0 Å². The maximum atomic E-state index is 11.7. The number of hydrogen-bond donors (Lipinski definition) is 0. The van der Waals surface area contributed by atoms with Crippen molar-refractivity contribution in [3.8, 4) is 0 Å². The third-order valence-corrected chi connectivity index (χ3v) is 1.98. The van der Waals surface area contributed by atoms with Crippen LogP contribution in [-0.4, -0.2) is 28.9 Å². The van der Waals surface area contributed by atoms with Crippen molar-refractivity contribution in [3.05, 3.63) is 30.1 Å². The summed E-state index contributed by atoms with van der Waals surface area (Å²) in [6.07, 6.45) is 3.27. The molecule has 0 aliphatic heterocycles. The van der Waals surface area contributed by atoms with Gasteiger partial charge in [-0.1, -0.05) is 0 Å². The molecule has 3 nitrogen and oxygen atoms in total. The zero-order chi connectivity index (χ0) is 9.68. The van der Waals surface area contributed by atoms with Crippen LogP contribution >= 0.6 is 0 Å². The summed E-state index contributed by atoms with van der Waals surface area (Å²) >= 11 is 0. The molecule has 13 heavy (non-hydrogen) atoms. The van der Waals surface area contributed by atoms with Gasteiger partial charge < -0.3 is 4.90 Å². The molecule has 0 bridgehead atoms. The summed E-state index contributed by atoms with van der Waals surface area (Å²) in [4.78, 5) is 17.4. The molecule has 0 N–H and O–H groups in total. The van der Waals surface area contributed by atoms with Crippen LogP contribution in [0.3, 0.4) is 0 Å². The highest BCUT2D eigenvalue weighted by molar-refractivity contribution is 5.93. The Labute approximate surface area is 78.4 Å². The minimum absolute atomic E-state index is 0.0763. The van der Waals surface area contributed by atoms with Crippen molar-refractivity contribution in [3.63, 3.8) is 0 Å². The second-order valence-electron chi connectivity index (χ2n) is 2.71. The van der Waals surface area contributed by atoms with E-state index in [-0.39, 0.29) is 5.91 Å². The summed E-state index contributed by atoms with van der Waals surface area (Å²) < 4.78 is 0. The van der Waals surface area contributed by atoms with Crippen LogP contribution in [0.25, 0.3) is 0 Å². The Bertz CT molecular complexity index is 268. The molecule has 1 aromatic heterocycles. The average Bonchev–Trinajstić information content (AvgIpc) is 2.21. The highest BCUT2D eigenvalue weighted by Crippen LogP contribution is 2.02. The van der Waals surface area contributed by atoms with Gasteiger partial charge in [0, 0.05) is 31.0 Å². The molecule has 3 heteroatoms. The van der Waals surface area contributed by atoms with Crippen molar-refractivity contribution in [2.75, 3.05) is 13.1 Å². The van der Waals surface area contributed by atoms with Crippen LogP contribution in [0, 0.1) is 0 Å². The van der Waals surface area contributed by atoms with Crippen LogP contribution in [0.4, 0.5) is 0 Å². The van der Waals surface area contributed by atoms with Crippen LogP contribution in [0.5, 0.6) is 0 Å². The molecule has 0 aliphatic carbocycles. The minimum Gasteiger partial charge on any atom is -0.339 e. The van der Waals surface area contributed by atoms with Gasteiger partial charge in [0.15, 0.2) is 0 Å². The first kappa shape index (κ1) is 9.71. The predicted molar refractivity (Wildman–Crippen MR) is 51.5 cm³/mol. The molecule has 0 radical (unpaired) electrons. The Morgan fingerprint density at radius 2 is 1.85 bits per heavy atom. The van der Waals surface area contributed by atoms with E-state index in [9.17, 15) is 4.79 Å². The maximum Gasteiger partial charge on any atom is 0.253 e. The smallest absolute Gasteiger partial charge is 0.253 e. The predicted octanol–water partition coefficient (Wildman–Crippen LogP) is 1.56. The molecule has 0 saturated carbocycles. The lowest BCUT2D eigenvalue weighted by Crippen LogP contribution is -2.30. The first-order chi connectivity index (χ1) is 6.29. The van der Waals surface area contributed by atoms with E-state index in [2.05, 4.69) is 4.98 Å². The second kappa shape index (κ2) is 4.60. The fourth-order valence-corrected chi connectivity index (χ4v) is 1.19. The maximum absolute atomic E-state index is 11.7. The number of carbonyl (C=O) groups excluding carboxylic acids is 1. The molecule has 0 unspecified atom stereocenters. The molecule has 1 heterocycles.